The molecule has 1 aliphatic rings. The van der Waals surface area contributed by atoms with Gasteiger partial charge in [0.25, 0.3) is 0 Å². The van der Waals surface area contributed by atoms with Crippen molar-refractivity contribution >= 4 is 16.8 Å². The lowest BCUT2D eigenvalue weighted by Crippen LogP contribution is -2.13. The van der Waals surface area contributed by atoms with Gasteiger partial charge in [0, 0.05) is 30.7 Å². The van der Waals surface area contributed by atoms with Crippen LogP contribution in [-0.4, -0.2) is 24.7 Å². The molecule has 0 bridgehead atoms. The van der Waals surface area contributed by atoms with Gasteiger partial charge in [0.05, 0.1) is 6.61 Å². The molecular weight excluding hydrogens is 240 g/mol. The first-order valence-corrected chi connectivity index (χ1v) is 6.94. The summed E-state index contributed by atoms with van der Waals surface area (Å²) in [6.45, 7) is 6.90. The van der Waals surface area contributed by atoms with Gasteiger partial charge in [-0.05, 0) is 24.6 Å². The summed E-state index contributed by atoms with van der Waals surface area (Å²) in [6, 6.07) is 6.09. The number of hydrogen-bond donors (Lipinski definition) is 1. The van der Waals surface area contributed by atoms with Crippen LogP contribution in [0.3, 0.4) is 0 Å². The van der Waals surface area contributed by atoms with Crippen LogP contribution < -0.4 is 5.32 Å². The number of hydrogen-bond acceptors (Lipinski definition) is 4. The van der Waals surface area contributed by atoms with Crippen molar-refractivity contribution in [2.75, 3.05) is 25.1 Å². The summed E-state index contributed by atoms with van der Waals surface area (Å²) < 4.78 is 11.1. The van der Waals surface area contributed by atoms with Gasteiger partial charge in [-0.1, -0.05) is 13.8 Å². The number of benzene rings is 1. The average molecular weight is 260 g/mol. The maximum atomic E-state index is 5.70. The standard InChI is InChI=1S/C15H20N2O2/c1-10(2)15-17-13-7-12(3-4-14(13)19-15)16-8-11-5-6-18-9-11/h3-4,7,10-11,16H,5-6,8-9H2,1-2H3. The van der Waals surface area contributed by atoms with Crippen LogP contribution in [0.25, 0.3) is 11.1 Å². The summed E-state index contributed by atoms with van der Waals surface area (Å²) in [5.41, 5.74) is 2.89. The Morgan fingerprint density at radius 2 is 2.32 bits per heavy atom. The Morgan fingerprint density at radius 1 is 1.42 bits per heavy atom. The fourth-order valence-corrected chi connectivity index (χ4v) is 2.31. The number of oxazole rings is 1. The number of ether oxygens (including phenoxy) is 1. The quantitative estimate of drug-likeness (QED) is 0.915. The van der Waals surface area contributed by atoms with E-state index in [0.29, 0.717) is 11.8 Å². The molecule has 1 saturated heterocycles. The minimum absolute atomic E-state index is 0.319. The molecule has 102 valence electrons. The van der Waals surface area contributed by atoms with E-state index in [4.69, 9.17) is 9.15 Å². The summed E-state index contributed by atoms with van der Waals surface area (Å²) in [6.07, 6.45) is 1.15. The van der Waals surface area contributed by atoms with Gasteiger partial charge in [0.2, 0.25) is 0 Å². The first-order valence-electron chi connectivity index (χ1n) is 6.94. The fourth-order valence-electron chi connectivity index (χ4n) is 2.31. The number of nitrogens with zero attached hydrogens (tertiary/aromatic N) is 1. The number of nitrogens with one attached hydrogen (secondary N) is 1. The third-order valence-electron chi connectivity index (χ3n) is 3.52. The minimum atomic E-state index is 0.319. The SMILES string of the molecule is CC(C)c1nc2cc(NCC3CCOC3)ccc2o1. The molecule has 0 saturated carbocycles. The fraction of sp³-hybridized carbons (Fsp3) is 0.533. The molecule has 3 rings (SSSR count). The van der Waals surface area contributed by atoms with Crippen molar-refractivity contribution in [3.05, 3.63) is 24.1 Å². The third-order valence-corrected chi connectivity index (χ3v) is 3.52. The van der Waals surface area contributed by atoms with Crippen LogP contribution in [0.5, 0.6) is 0 Å². The lowest BCUT2D eigenvalue weighted by atomic mass is 10.1. The van der Waals surface area contributed by atoms with Crippen molar-refractivity contribution in [3.63, 3.8) is 0 Å². The van der Waals surface area contributed by atoms with E-state index in [9.17, 15) is 0 Å². The highest BCUT2D eigenvalue weighted by Gasteiger charge is 2.15. The molecule has 1 fully saturated rings. The zero-order chi connectivity index (χ0) is 13.2. The monoisotopic (exact) mass is 260 g/mol. The Bertz CT molecular complexity index is 556. The Hall–Kier alpha value is -1.55. The van der Waals surface area contributed by atoms with Crippen molar-refractivity contribution in [1.82, 2.24) is 4.98 Å². The van der Waals surface area contributed by atoms with Crippen molar-refractivity contribution in [2.24, 2.45) is 5.92 Å². The first-order chi connectivity index (χ1) is 9.22. The van der Waals surface area contributed by atoms with Gasteiger partial charge in [-0.2, -0.15) is 0 Å². The summed E-state index contributed by atoms with van der Waals surface area (Å²) in [7, 11) is 0. The molecule has 1 aliphatic heterocycles. The van der Waals surface area contributed by atoms with E-state index >= 15 is 0 Å². The number of rotatable bonds is 4. The van der Waals surface area contributed by atoms with E-state index in [0.717, 1.165) is 48.9 Å². The number of anilines is 1. The summed E-state index contributed by atoms with van der Waals surface area (Å²) >= 11 is 0. The zero-order valence-corrected chi connectivity index (χ0v) is 11.5. The molecule has 0 amide bonds. The molecule has 1 N–H and O–H groups in total. The largest absolute Gasteiger partial charge is 0.440 e. The summed E-state index contributed by atoms with van der Waals surface area (Å²) in [4.78, 5) is 4.52. The Kier molecular flexibility index (Phi) is 3.42. The van der Waals surface area contributed by atoms with Crippen LogP contribution in [-0.2, 0) is 4.74 Å². The van der Waals surface area contributed by atoms with Gasteiger partial charge in [-0.15, -0.1) is 0 Å². The van der Waals surface area contributed by atoms with E-state index in [2.05, 4.69) is 30.2 Å². The molecule has 4 nitrogen and oxygen atoms in total. The second-order valence-corrected chi connectivity index (χ2v) is 5.50. The van der Waals surface area contributed by atoms with Gasteiger partial charge in [0.15, 0.2) is 11.5 Å². The Balaban J connectivity index is 1.73. The molecule has 0 spiro atoms. The van der Waals surface area contributed by atoms with Crippen LogP contribution >= 0.6 is 0 Å². The normalized spacial score (nSPS) is 19.4. The average Bonchev–Trinajstić information content (AvgIpc) is 3.04. The molecule has 4 heteroatoms. The second kappa shape index (κ2) is 5.21. The van der Waals surface area contributed by atoms with Gasteiger partial charge in [0.1, 0.15) is 5.52 Å². The van der Waals surface area contributed by atoms with E-state index < -0.39 is 0 Å². The maximum Gasteiger partial charge on any atom is 0.198 e. The van der Waals surface area contributed by atoms with Crippen molar-refractivity contribution in [2.45, 2.75) is 26.2 Å². The molecule has 0 aliphatic carbocycles. The minimum Gasteiger partial charge on any atom is -0.440 e. The third kappa shape index (κ3) is 2.73. The first kappa shape index (κ1) is 12.5. The van der Waals surface area contributed by atoms with Gasteiger partial charge < -0.3 is 14.5 Å². The highest BCUT2D eigenvalue weighted by Crippen LogP contribution is 2.24. The van der Waals surface area contributed by atoms with Crippen LogP contribution in [0, 0.1) is 5.92 Å². The maximum absolute atomic E-state index is 5.70. The number of aromatic nitrogens is 1. The second-order valence-electron chi connectivity index (χ2n) is 5.50. The van der Waals surface area contributed by atoms with Crippen molar-refractivity contribution in [1.29, 1.82) is 0 Å². The smallest absolute Gasteiger partial charge is 0.198 e. The number of fused-ring (bicyclic) bond motifs is 1. The topological polar surface area (TPSA) is 47.3 Å². The zero-order valence-electron chi connectivity index (χ0n) is 11.5. The molecular formula is C15H20N2O2. The van der Waals surface area contributed by atoms with E-state index in [1.54, 1.807) is 0 Å². The summed E-state index contributed by atoms with van der Waals surface area (Å²) in [5, 5.41) is 3.46. The predicted molar refractivity (Wildman–Crippen MR) is 75.5 cm³/mol. The predicted octanol–water partition coefficient (Wildman–Crippen LogP) is 3.40. The van der Waals surface area contributed by atoms with Crippen LogP contribution in [0.4, 0.5) is 5.69 Å². The lowest BCUT2D eigenvalue weighted by molar-refractivity contribution is 0.187. The summed E-state index contributed by atoms with van der Waals surface area (Å²) in [5.74, 6) is 1.75. The van der Waals surface area contributed by atoms with E-state index in [1.807, 2.05) is 12.1 Å². The highest BCUT2D eigenvalue weighted by atomic mass is 16.5. The van der Waals surface area contributed by atoms with Crippen molar-refractivity contribution < 1.29 is 9.15 Å². The Morgan fingerprint density at radius 3 is 3.05 bits per heavy atom. The molecule has 0 radical (unpaired) electrons. The highest BCUT2D eigenvalue weighted by molar-refractivity contribution is 5.77. The van der Waals surface area contributed by atoms with E-state index in [-0.39, 0.29) is 0 Å². The van der Waals surface area contributed by atoms with Gasteiger partial charge >= 0.3 is 0 Å². The molecule has 1 aromatic carbocycles. The van der Waals surface area contributed by atoms with E-state index in [1.165, 1.54) is 0 Å². The Labute approximate surface area is 113 Å². The van der Waals surface area contributed by atoms with Crippen LogP contribution in [0.15, 0.2) is 22.6 Å². The molecule has 19 heavy (non-hydrogen) atoms. The molecule has 2 aromatic rings. The van der Waals surface area contributed by atoms with Crippen LogP contribution in [0.2, 0.25) is 0 Å². The molecule has 1 atom stereocenters. The van der Waals surface area contributed by atoms with Crippen LogP contribution in [0.1, 0.15) is 32.1 Å². The van der Waals surface area contributed by atoms with Crippen molar-refractivity contribution in [3.8, 4) is 0 Å². The lowest BCUT2D eigenvalue weighted by Gasteiger charge is -2.10. The molecule has 2 heterocycles. The molecule has 1 unspecified atom stereocenters. The molecule has 1 aromatic heterocycles. The van der Waals surface area contributed by atoms with Gasteiger partial charge in [-0.25, -0.2) is 4.98 Å². The van der Waals surface area contributed by atoms with Gasteiger partial charge in [-0.3, -0.25) is 0 Å².